The molecule has 3 heterocycles. The van der Waals surface area contributed by atoms with E-state index in [1.54, 1.807) is 0 Å². The summed E-state index contributed by atoms with van der Waals surface area (Å²) in [5, 5.41) is 4.27. The highest BCUT2D eigenvalue weighted by Gasteiger charge is 2.40. The topological polar surface area (TPSA) is 57.4 Å². The van der Waals surface area contributed by atoms with E-state index in [2.05, 4.69) is 32.9 Å². The molecule has 2 aliphatic rings. The van der Waals surface area contributed by atoms with E-state index < -0.39 is 0 Å². The van der Waals surface area contributed by atoms with Gasteiger partial charge in [-0.25, -0.2) is 0 Å². The van der Waals surface area contributed by atoms with Crippen LogP contribution in [0.4, 0.5) is 0 Å². The predicted molar refractivity (Wildman–Crippen MR) is 87.3 cm³/mol. The zero-order valence-electron chi connectivity index (χ0n) is 14.9. The molecule has 1 aromatic rings. The molecule has 0 spiro atoms. The van der Waals surface area contributed by atoms with Crippen molar-refractivity contribution in [2.24, 2.45) is 11.3 Å². The average Bonchev–Trinajstić information content (AvgIpc) is 3.15. The molecule has 5 nitrogen and oxygen atoms in total. The Morgan fingerprint density at radius 3 is 2.65 bits per heavy atom. The van der Waals surface area contributed by atoms with Crippen LogP contribution in [0.15, 0.2) is 4.52 Å². The van der Waals surface area contributed by atoms with Crippen molar-refractivity contribution < 1.29 is 14.0 Å². The van der Waals surface area contributed by atoms with Gasteiger partial charge in [0.15, 0.2) is 5.82 Å². The van der Waals surface area contributed by atoms with Crippen molar-refractivity contribution >= 4 is 0 Å². The van der Waals surface area contributed by atoms with Crippen LogP contribution in [0, 0.1) is 11.3 Å². The van der Waals surface area contributed by atoms with Crippen LogP contribution in [0.2, 0.25) is 0 Å². The zero-order chi connectivity index (χ0) is 16.4. The zero-order valence-corrected chi connectivity index (χ0v) is 14.9. The quantitative estimate of drug-likeness (QED) is 0.845. The van der Waals surface area contributed by atoms with Crippen molar-refractivity contribution in [3.8, 4) is 0 Å². The summed E-state index contributed by atoms with van der Waals surface area (Å²) < 4.78 is 17.2. The Hall–Kier alpha value is -0.940. The second-order valence-electron chi connectivity index (χ2n) is 8.09. The maximum atomic E-state index is 5.93. The van der Waals surface area contributed by atoms with Crippen LogP contribution in [-0.2, 0) is 15.9 Å². The van der Waals surface area contributed by atoms with Crippen molar-refractivity contribution in [1.82, 2.24) is 10.1 Å². The fraction of sp³-hybridized carbons (Fsp3) is 0.889. The molecule has 23 heavy (non-hydrogen) atoms. The fourth-order valence-corrected chi connectivity index (χ4v) is 3.89. The lowest BCUT2D eigenvalue weighted by atomic mass is 9.81. The molecule has 2 aliphatic heterocycles. The van der Waals surface area contributed by atoms with E-state index in [-0.39, 0.29) is 17.4 Å². The Kier molecular flexibility index (Phi) is 5.07. The smallest absolute Gasteiger partial charge is 0.226 e. The van der Waals surface area contributed by atoms with E-state index in [4.69, 9.17) is 19.0 Å². The summed E-state index contributed by atoms with van der Waals surface area (Å²) in [7, 11) is 0. The van der Waals surface area contributed by atoms with E-state index in [1.807, 2.05) is 0 Å². The highest BCUT2D eigenvalue weighted by atomic mass is 16.5. The molecule has 130 valence electrons. The van der Waals surface area contributed by atoms with Crippen LogP contribution in [-0.4, -0.2) is 35.6 Å². The molecule has 0 saturated carbocycles. The highest BCUT2D eigenvalue weighted by molar-refractivity contribution is 5.05. The van der Waals surface area contributed by atoms with Gasteiger partial charge in [0.25, 0.3) is 0 Å². The summed E-state index contributed by atoms with van der Waals surface area (Å²) >= 11 is 0. The second kappa shape index (κ2) is 6.89. The number of ether oxygens (including phenoxy) is 2. The lowest BCUT2D eigenvalue weighted by Gasteiger charge is -2.29. The van der Waals surface area contributed by atoms with Crippen molar-refractivity contribution in [2.75, 3.05) is 13.2 Å². The molecule has 0 aliphatic carbocycles. The van der Waals surface area contributed by atoms with Crippen molar-refractivity contribution in [3.63, 3.8) is 0 Å². The van der Waals surface area contributed by atoms with Crippen LogP contribution >= 0.6 is 0 Å². The summed E-state index contributed by atoms with van der Waals surface area (Å²) in [6.45, 7) is 10.5. The van der Waals surface area contributed by atoms with E-state index >= 15 is 0 Å². The molecule has 1 aromatic heterocycles. The third-order valence-electron chi connectivity index (χ3n) is 5.16. The normalized spacial score (nSPS) is 32.3. The van der Waals surface area contributed by atoms with Crippen LogP contribution in [0.3, 0.4) is 0 Å². The van der Waals surface area contributed by atoms with Gasteiger partial charge in [-0.15, -0.1) is 0 Å². The van der Waals surface area contributed by atoms with E-state index in [0.717, 1.165) is 57.0 Å². The van der Waals surface area contributed by atoms with Gasteiger partial charge >= 0.3 is 0 Å². The van der Waals surface area contributed by atoms with Gasteiger partial charge in [0, 0.05) is 19.6 Å². The van der Waals surface area contributed by atoms with Crippen molar-refractivity contribution in [3.05, 3.63) is 11.7 Å². The molecule has 0 amide bonds. The first-order valence-electron chi connectivity index (χ1n) is 9.03. The molecule has 0 radical (unpaired) electrons. The third-order valence-corrected chi connectivity index (χ3v) is 5.16. The number of hydrogen-bond acceptors (Lipinski definition) is 5. The maximum Gasteiger partial charge on any atom is 0.226 e. The molecule has 2 saturated heterocycles. The average molecular weight is 322 g/mol. The lowest BCUT2D eigenvalue weighted by molar-refractivity contribution is -0.0115. The van der Waals surface area contributed by atoms with Crippen LogP contribution in [0.5, 0.6) is 0 Å². The molecular weight excluding hydrogens is 292 g/mol. The molecular formula is C18H30N2O3. The van der Waals surface area contributed by atoms with Gasteiger partial charge in [-0.1, -0.05) is 32.9 Å². The first-order chi connectivity index (χ1) is 11.0. The first-order valence-corrected chi connectivity index (χ1v) is 9.03. The molecule has 2 fully saturated rings. The summed E-state index contributed by atoms with van der Waals surface area (Å²) in [5.41, 5.74) is 0.0943. The summed E-state index contributed by atoms with van der Waals surface area (Å²) in [5.74, 6) is 2.46. The van der Waals surface area contributed by atoms with E-state index in [1.165, 1.54) is 0 Å². The second-order valence-corrected chi connectivity index (χ2v) is 8.09. The lowest BCUT2D eigenvalue weighted by Crippen LogP contribution is -2.30. The maximum absolute atomic E-state index is 5.93. The highest BCUT2D eigenvalue weighted by Crippen LogP contribution is 2.39. The molecule has 0 N–H and O–H groups in total. The standard InChI is InChI=1S/C18H30N2O3/c1-5-13-10-12(6-8-21-13)11-15-19-17(20-23-15)14-7-9-22-16(14)18(2,3)4/h12-14,16H,5-11H2,1-4H3/t12-,13-,14-,16-/m0/s1. The van der Waals surface area contributed by atoms with E-state index in [9.17, 15) is 0 Å². The van der Waals surface area contributed by atoms with Crippen LogP contribution < -0.4 is 0 Å². The monoisotopic (exact) mass is 322 g/mol. The fourth-order valence-electron chi connectivity index (χ4n) is 3.89. The van der Waals surface area contributed by atoms with Crippen LogP contribution in [0.25, 0.3) is 0 Å². The third kappa shape index (κ3) is 3.94. The predicted octanol–water partition coefficient (Wildman–Crippen LogP) is 3.74. The number of rotatable bonds is 4. The summed E-state index contributed by atoms with van der Waals surface area (Å²) in [6, 6.07) is 0. The van der Waals surface area contributed by atoms with Crippen LogP contribution in [0.1, 0.15) is 71.0 Å². The molecule has 5 heteroatoms. The minimum atomic E-state index is 0.0943. The molecule has 0 bridgehead atoms. The Balaban J connectivity index is 1.64. The Morgan fingerprint density at radius 1 is 1.13 bits per heavy atom. The van der Waals surface area contributed by atoms with Gasteiger partial charge in [-0.2, -0.15) is 4.98 Å². The molecule has 3 rings (SSSR count). The van der Waals surface area contributed by atoms with E-state index in [0.29, 0.717) is 12.0 Å². The minimum absolute atomic E-state index is 0.0943. The first kappa shape index (κ1) is 16.9. The van der Waals surface area contributed by atoms with Gasteiger partial charge in [0.05, 0.1) is 18.1 Å². The molecule has 0 unspecified atom stereocenters. The number of hydrogen-bond donors (Lipinski definition) is 0. The van der Waals surface area contributed by atoms with Crippen molar-refractivity contribution in [1.29, 1.82) is 0 Å². The Labute approximate surface area is 139 Å². The summed E-state index contributed by atoms with van der Waals surface area (Å²) in [6.07, 6.45) is 5.69. The van der Waals surface area contributed by atoms with Gasteiger partial charge in [-0.3, -0.25) is 0 Å². The largest absolute Gasteiger partial charge is 0.378 e. The van der Waals surface area contributed by atoms with Gasteiger partial charge in [0.1, 0.15) is 0 Å². The van der Waals surface area contributed by atoms with Crippen molar-refractivity contribution in [2.45, 2.75) is 77.9 Å². The van der Waals surface area contributed by atoms with Gasteiger partial charge < -0.3 is 14.0 Å². The Morgan fingerprint density at radius 2 is 1.91 bits per heavy atom. The molecule has 4 atom stereocenters. The molecule has 0 aromatic carbocycles. The number of aromatic nitrogens is 2. The van der Waals surface area contributed by atoms with Gasteiger partial charge in [-0.05, 0) is 37.0 Å². The van der Waals surface area contributed by atoms with Gasteiger partial charge in [0.2, 0.25) is 5.89 Å². The minimum Gasteiger partial charge on any atom is -0.378 e. The SMILES string of the molecule is CC[C@H]1C[C@@H](Cc2nc([C@H]3CCO[C@@H]3C(C)(C)C)no2)CCO1. The number of nitrogens with zero attached hydrogens (tertiary/aromatic N) is 2. The summed E-state index contributed by atoms with van der Waals surface area (Å²) in [4.78, 5) is 4.70. The Bertz CT molecular complexity index is 509.